The van der Waals surface area contributed by atoms with Gasteiger partial charge in [-0.15, -0.1) is 11.3 Å². The Bertz CT molecular complexity index is 1240. The van der Waals surface area contributed by atoms with Crippen LogP contribution < -0.4 is 10.1 Å². The summed E-state index contributed by atoms with van der Waals surface area (Å²) in [6, 6.07) is 11.9. The number of nitrogens with zero attached hydrogens (tertiary/aromatic N) is 2. The van der Waals surface area contributed by atoms with E-state index in [-0.39, 0.29) is 10.8 Å². The first-order valence-corrected chi connectivity index (χ1v) is 13.1. The smallest absolute Gasteiger partial charge is 0.257 e. The molecule has 0 spiro atoms. The number of piperidine rings is 1. The number of thiazole rings is 1. The zero-order valence-corrected chi connectivity index (χ0v) is 20.5. The molecule has 1 amide bonds. The zero-order valence-electron chi connectivity index (χ0n) is 18.9. The molecule has 2 heterocycles. The van der Waals surface area contributed by atoms with Crippen molar-refractivity contribution >= 4 is 32.4 Å². The molecule has 0 bridgehead atoms. The minimum atomic E-state index is -3.54. The van der Waals surface area contributed by atoms with Crippen LogP contribution in [0.4, 0.5) is 5.13 Å². The maximum absolute atomic E-state index is 12.9. The highest BCUT2D eigenvalue weighted by atomic mass is 32.2. The molecule has 1 fully saturated rings. The molecule has 1 N–H and O–H groups in total. The molecule has 1 aromatic heterocycles. The quantitative estimate of drug-likeness (QED) is 0.542. The summed E-state index contributed by atoms with van der Waals surface area (Å²) in [6.45, 7) is 5.17. The first-order valence-electron chi connectivity index (χ1n) is 10.8. The second-order valence-electron chi connectivity index (χ2n) is 8.29. The van der Waals surface area contributed by atoms with Gasteiger partial charge in [0.1, 0.15) is 5.75 Å². The lowest BCUT2D eigenvalue weighted by atomic mass is 10.0. The van der Waals surface area contributed by atoms with Crippen molar-refractivity contribution in [1.29, 1.82) is 0 Å². The predicted octanol–water partition coefficient (Wildman–Crippen LogP) is 4.80. The van der Waals surface area contributed by atoms with Crippen molar-refractivity contribution in [2.45, 2.75) is 31.6 Å². The molecule has 9 heteroatoms. The molecule has 1 aliphatic heterocycles. The fourth-order valence-electron chi connectivity index (χ4n) is 3.82. The van der Waals surface area contributed by atoms with Crippen molar-refractivity contribution in [3.63, 3.8) is 0 Å². The lowest BCUT2D eigenvalue weighted by Crippen LogP contribution is -2.37. The van der Waals surface area contributed by atoms with E-state index < -0.39 is 10.0 Å². The van der Waals surface area contributed by atoms with E-state index in [0.29, 0.717) is 29.7 Å². The van der Waals surface area contributed by atoms with E-state index in [0.717, 1.165) is 35.4 Å². The summed E-state index contributed by atoms with van der Waals surface area (Å²) in [4.78, 5) is 17.4. The Morgan fingerprint density at radius 3 is 2.48 bits per heavy atom. The third kappa shape index (κ3) is 5.10. The highest BCUT2D eigenvalue weighted by Crippen LogP contribution is 2.29. The summed E-state index contributed by atoms with van der Waals surface area (Å²) < 4.78 is 32.6. The number of hydrogen-bond donors (Lipinski definition) is 1. The van der Waals surface area contributed by atoms with Gasteiger partial charge >= 0.3 is 0 Å². The van der Waals surface area contributed by atoms with Gasteiger partial charge in [0, 0.05) is 29.6 Å². The van der Waals surface area contributed by atoms with Crippen molar-refractivity contribution in [3.05, 3.63) is 59.0 Å². The van der Waals surface area contributed by atoms with Crippen LogP contribution in [0.1, 0.15) is 35.7 Å². The third-order valence-corrected chi connectivity index (χ3v) is 8.58. The van der Waals surface area contributed by atoms with Crippen LogP contribution in [-0.2, 0) is 10.0 Å². The van der Waals surface area contributed by atoms with Gasteiger partial charge in [-0.3, -0.25) is 10.1 Å². The molecule has 0 saturated carbocycles. The molecule has 0 atom stereocenters. The molecule has 3 aromatic rings. The summed E-state index contributed by atoms with van der Waals surface area (Å²) in [5.41, 5.74) is 3.08. The van der Waals surface area contributed by atoms with Crippen LogP contribution >= 0.6 is 11.3 Å². The number of methoxy groups -OCH3 is 1. The number of anilines is 1. The SMILES string of the molecule is COc1ccc(-c2csc(NC(=O)c3ccc(S(=O)(=O)N4CCC(C)CC4)cc3)n2)cc1C. The highest BCUT2D eigenvalue weighted by Gasteiger charge is 2.28. The van der Waals surface area contributed by atoms with E-state index in [1.54, 1.807) is 7.11 Å². The van der Waals surface area contributed by atoms with Gasteiger partial charge in [-0.2, -0.15) is 4.31 Å². The maximum Gasteiger partial charge on any atom is 0.257 e. The van der Waals surface area contributed by atoms with Crippen molar-refractivity contribution in [2.75, 3.05) is 25.5 Å². The Hall–Kier alpha value is -2.75. The summed E-state index contributed by atoms with van der Waals surface area (Å²) in [7, 11) is -1.91. The standard InChI is InChI=1S/C24H27N3O4S2/c1-16-10-12-27(13-11-16)33(29,30)20-7-4-18(5-8-20)23(28)26-24-25-21(15-32-24)19-6-9-22(31-3)17(2)14-19/h4-9,14-16H,10-13H2,1-3H3,(H,25,26,28). The molecule has 33 heavy (non-hydrogen) atoms. The van der Waals surface area contributed by atoms with Gasteiger partial charge in [-0.05, 0) is 73.7 Å². The van der Waals surface area contributed by atoms with E-state index in [1.165, 1.54) is 39.9 Å². The minimum Gasteiger partial charge on any atom is -0.496 e. The number of amides is 1. The number of nitrogens with one attached hydrogen (secondary N) is 1. The van der Waals surface area contributed by atoms with Gasteiger partial charge in [-0.1, -0.05) is 6.92 Å². The van der Waals surface area contributed by atoms with Crippen LogP contribution in [0, 0.1) is 12.8 Å². The lowest BCUT2D eigenvalue weighted by Gasteiger charge is -2.29. The first kappa shape index (κ1) is 23.4. The monoisotopic (exact) mass is 485 g/mol. The maximum atomic E-state index is 12.9. The number of aromatic nitrogens is 1. The molecule has 1 saturated heterocycles. The third-order valence-electron chi connectivity index (χ3n) is 5.91. The van der Waals surface area contributed by atoms with Crippen LogP contribution in [-0.4, -0.2) is 43.8 Å². The van der Waals surface area contributed by atoms with E-state index in [4.69, 9.17) is 4.74 Å². The minimum absolute atomic E-state index is 0.208. The summed E-state index contributed by atoms with van der Waals surface area (Å²) in [5, 5.41) is 5.15. The Kier molecular flexibility index (Phi) is 6.83. The van der Waals surface area contributed by atoms with Crippen molar-refractivity contribution < 1.29 is 17.9 Å². The summed E-state index contributed by atoms with van der Waals surface area (Å²) >= 11 is 1.33. The van der Waals surface area contributed by atoms with Gasteiger partial charge in [-0.25, -0.2) is 13.4 Å². The number of hydrogen-bond acceptors (Lipinski definition) is 6. The average Bonchev–Trinajstić information content (AvgIpc) is 3.28. The van der Waals surface area contributed by atoms with E-state index in [1.807, 2.05) is 30.5 Å². The van der Waals surface area contributed by atoms with Crippen LogP contribution in [0.3, 0.4) is 0 Å². The van der Waals surface area contributed by atoms with E-state index in [2.05, 4.69) is 17.2 Å². The number of rotatable bonds is 6. The van der Waals surface area contributed by atoms with Gasteiger partial charge in [0.05, 0.1) is 17.7 Å². The largest absolute Gasteiger partial charge is 0.496 e. The lowest BCUT2D eigenvalue weighted by molar-refractivity contribution is 0.102. The fraction of sp³-hybridized carbons (Fsp3) is 0.333. The number of benzene rings is 2. The first-order chi connectivity index (χ1) is 15.8. The second-order valence-corrected chi connectivity index (χ2v) is 11.1. The van der Waals surface area contributed by atoms with Crippen LogP contribution in [0.25, 0.3) is 11.3 Å². The van der Waals surface area contributed by atoms with Gasteiger partial charge in [0.15, 0.2) is 5.13 Å². The molecule has 2 aromatic carbocycles. The molecule has 174 valence electrons. The number of ether oxygens (including phenoxy) is 1. The molecule has 1 aliphatic rings. The summed E-state index contributed by atoms with van der Waals surface area (Å²) in [6.07, 6.45) is 1.73. The van der Waals surface area contributed by atoms with Crippen LogP contribution in [0.5, 0.6) is 5.75 Å². The van der Waals surface area contributed by atoms with Crippen LogP contribution in [0.15, 0.2) is 52.7 Å². The Balaban J connectivity index is 1.44. The van der Waals surface area contributed by atoms with E-state index in [9.17, 15) is 13.2 Å². The number of sulfonamides is 1. The van der Waals surface area contributed by atoms with Crippen molar-refractivity contribution in [3.8, 4) is 17.0 Å². The number of aryl methyl sites for hydroxylation is 1. The van der Waals surface area contributed by atoms with Gasteiger partial charge in [0.2, 0.25) is 10.0 Å². The van der Waals surface area contributed by atoms with Crippen LogP contribution in [0.2, 0.25) is 0 Å². The summed E-state index contributed by atoms with van der Waals surface area (Å²) in [5.74, 6) is 1.02. The molecular formula is C24H27N3O4S2. The van der Waals surface area contributed by atoms with Crippen molar-refractivity contribution in [2.24, 2.45) is 5.92 Å². The van der Waals surface area contributed by atoms with Gasteiger partial charge in [0.25, 0.3) is 5.91 Å². The second kappa shape index (κ2) is 9.62. The molecule has 0 aliphatic carbocycles. The molecule has 0 unspecified atom stereocenters. The molecular weight excluding hydrogens is 458 g/mol. The van der Waals surface area contributed by atoms with Crippen molar-refractivity contribution in [1.82, 2.24) is 9.29 Å². The molecule has 4 rings (SSSR count). The topological polar surface area (TPSA) is 88.6 Å². The Morgan fingerprint density at radius 1 is 1.15 bits per heavy atom. The Morgan fingerprint density at radius 2 is 1.85 bits per heavy atom. The predicted molar refractivity (Wildman–Crippen MR) is 130 cm³/mol. The average molecular weight is 486 g/mol. The Labute approximate surface area is 198 Å². The zero-order chi connectivity index (χ0) is 23.6. The molecule has 7 nitrogen and oxygen atoms in total. The fourth-order valence-corrected chi connectivity index (χ4v) is 6.01. The highest BCUT2D eigenvalue weighted by molar-refractivity contribution is 7.89. The van der Waals surface area contributed by atoms with Gasteiger partial charge < -0.3 is 4.74 Å². The normalized spacial score (nSPS) is 15.4. The van der Waals surface area contributed by atoms with E-state index >= 15 is 0 Å². The number of carbonyl (C=O) groups is 1. The molecule has 0 radical (unpaired) electrons. The number of carbonyl (C=O) groups excluding carboxylic acids is 1.